The molecule has 1 nitrogen and oxygen atoms in total. The number of piperidine rings is 1. The smallest absolute Gasteiger partial charge is 0.0261 e. The third kappa shape index (κ3) is 2.62. The van der Waals surface area contributed by atoms with E-state index in [0.29, 0.717) is 12.0 Å². The van der Waals surface area contributed by atoms with Crippen molar-refractivity contribution in [2.75, 3.05) is 13.1 Å². The maximum Gasteiger partial charge on any atom is 0.0261 e. The molecule has 3 rings (SSSR count). The maximum atomic E-state index is 2.75. The minimum Gasteiger partial charge on any atom is -0.299 e. The van der Waals surface area contributed by atoms with Crippen molar-refractivity contribution in [2.45, 2.75) is 38.6 Å². The van der Waals surface area contributed by atoms with Gasteiger partial charge in [-0.3, -0.25) is 4.90 Å². The van der Waals surface area contributed by atoms with E-state index in [9.17, 15) is 0 Å². The Morgan fingerprint density at radius 3 is 2.68 bits per heavy atom. The molecule has 1 heterocycles. The molecule has 0 saturated carbocycles. The van der Waals surface area contributed by atoms with E-state index in [4.69, 9.17) is 0 Å². The van der Waals surface area contributed by atoms with Gasteiger partial charge in [0, 0.05) is 18.5 Å². The summed E-state index contributed by atoms with van der Waals surface area (Å²) in [6.45, 7) is 7.20. The minimum absolute atomic E-state index is 0.602. The van der Waals surface area contributed by atoms with Crippen molar-refractivity contribution in [3.05, 3.63) is 48.0 Å². The second kappa shape index (κ2) is 5.50. The molecule has 1 aliphatic carbocycles. The average molecular weight is 255 g/mol. The van der Waals surface area contributed by atoms with Crippen molar-refractivity contribution in [3.8, 4) is 0 Å². The van der Waals surface area contributed by atoms with Crippen LogP contribution in [0.15, 0.2) is 42.5 Å². The lowest BCUT2D eigenvalue weighted by Gasteiger charge is -2.41. The highest BCUT2D eigenvalue weighted by molar-refractivity contribution is 5.31. The summed E-state index contributed by atoms with van der Waals surface area (Å²) in [6, 6.07) is 11.8. The van der Waals surface area contributed by atoms with Crippen LogP contribution in [0.25, 0.3) is 0 Å². The average Bonchev–Trinajstić information content (AvgIpc) is 2.84. The normalized spacial score (nSPS) is 30.8. The zero-order valence-corrected chi connectivity index (χ0v) is 12.1. The third-order valence-corrected chi connectivity index (χ3v) is 4.56. The van der Waals surface area contributed by atoms with Crippen molar-refractivity contribution in [1.29, 1.82) is 0 Å². The fourth-order valence-electron chi connectivity index (χ4n) is 3.87. The summed E-state index contributed by atoms with van der Waals surface area (Å²) in [4.78, 5) is 2.75. The van der Waals surface area contributed by atoms with Crippen molar-refractivity contribution in [3.63, 3.8) is 0 Å². The number of rotatable bonds is 3. The van der Waals surface area contributed by atoms with Crippen LogP contribution in [0.1, 0.15) is 38.2 Å². The molecule has 1 aromatic carbocycles. The van der Waals surface area contributed by atoms with Crippen LogP contribution in [0.5, 0.6) is 0 Å². The molecule has 2 aliphatic rings. The van der Waals surface area contributed by atoms with Gasteiger partial charge in [0.1, 0.15) is 0 Å². The first-order valence-electron chi connectivity index (χ1n) is 7.73. The van der Waals surface area contributed by atoms with Gasteiger partial charge in [-0.25, -0.2) is 0 Å². The molecule has 3 atom stereocenters. The largest absolute Gasteiger partial charge is 0.299 e. The fraction of sp³-hybridized carbons (Fsp3) is 0.556. The molecule has 1 aromatic rings. The standard InChI is InChI=1S/C18H25N/c1-14(2)13-19-12-6-9-16-10-11-17(18(16)19)15-7-4-3-5-8-15/h3-5,7-8,10-11,14,16-18H,6,9,12-13H2,1-2H3/t16-,17+,18-/m0/s1. The van der Waals surface area contributed by atoms with Crippen LogP contribution < -0.4 is 0 Å². The number of hydrogen-bond acceptors (Lipinski definition) is 1. The Morgan fingerprint density at radius 2 is 1.95 bits per heavy atom. The number of hydrogen-bond donors (Lipinski definition) is 0. The Balaban J connectivity index is 1.84. The van der Waals surface area contributed by atoms with Crippen LogP contribution >= 0.6 is 0 Å². The van der Waals surface area contributed by atoms with Crippen LogP contribution in [0, 0.1) is 11.8 Å². The van der Waals surface area contributed by atoms with Crippen molar-refractivity contribution in [1.82, 2.24) is 4.90 Å². The number of likely N-dealkylation sites (tertiary alicyclic amines) is 1. The molecule has 0 aromatic heterocycles. The third-order valence-electron chi connectivity index (χ3n) is 4.56. The second-order valence-electron chi connectivity index (χ2n) is 6.51. The summed E-state index contributed by atoms with van der Waals surface area (Å²) >= 11 is 0. The van der Waals surface area contributed by atoms with Gasteiger partial charge in [-0.05, 0) is 36.8 Å². The topological polar surface area (TPSA) is 3.24 Å². The van der Waals surface area contributed by atoms with Gasteiger partial charge in [0.2, 0.25) is 0 Å². The molecule has 0 bridgehead atoms. The molecule has 1 heteroatoms. The molecule has 1 saturated heterocycles. The van der Waals surface area contributed by atoms with Gasteiger partial charge in [0.15, 0.2) is 0 Å². The summed E-state index contributed by atoms with van der Waals surface area (Å²) in [5.74, 6) is 2.14. The van der Waals surface area contributed by atoms with Crippen molar-refractivity contribution in [2.24, 2.45) is 11.8 Å². The first-order chi connectivity index (χ1) is 9.25. The fourth-order valence-corrected chi connectivity index (χ4v) is 3.87. The molecule has 0 unspecified atom stereocenters. The molecule has 0 amide bonds. The first kappa shape index (κ1) is 12.9. The highest BCUT2D eigenvalue weighted by Gasteiger charge is 2.38. The van der Waals surface area contributed by atoms with Crippen LogP contribution in [-0.2, 0) is 0 Å². The van der Waals surface area contributed by atoms with E-state index in [0.717, 1.165) is 11.8 Å². The Morgan fingerprint density at radius 1 is 1.16 bits per heavy atom. The van der Waals surface area contributed by atoms with Gasteiger partial charge in [-0.15, -0.1) is 0 Å². The highest BCUT2D eigenvalue weighted by atomic mass is 15.2. The molecule has 0 spiro atoms. The monoisotopic (exact) mass is 255 g/mol. The zero-order valence-electron chi connectivity index (χ0n) is 12.1. The van der Waals surface area contributed by atoms with Crippen LogP contribution in [0.4, 0.5) is 0 Å². The number of benzene rings is 1. The maximum absolute atomic E-state index is 2.75. The summed E-state index contributed by atoms with van der Waals surface area (Å²) in [5.41, 5.74) is 1.49. The van der Waals surface area contributed by atoms with Crippen LogP contribution in [0.3, 0.4) is 0 Å². The van der Waals surface area contributed by atoms with Crippen LogP contribution in [0.2, 0.25) is 0 Å². The van der Waals surface area contributed by atoms with E-state index in [2.05, 4.69) is 61.2 Å². The van der Waals surface area contributed by atoms with Crippen molar-refractivity contribution >= 4 is 0 Å². The molecule has 1 fully saturated rings. The zero-order chi connectivity index (χ0) is 13.2. The van der Waals surface area contributed by atoms with E-state index in [1.54, 1.807) is 0 Å². The highest BCUT2D eigenvalue weighted by Crippen LogP contribution is 2.41. The van der Waals surface area contributed by atoms with Gasteiger partial charge in [-0.1, -0.05) is 56.3 Å². The Bertz CT molecular complexity index is 434. The predicted molar refractivity (Wildman–Crippen MR) is 81.2 cm³/mol. The molecule has 102 valence electrons. The van der Waals surface area contributed by atoms with Gasteiger partial charge < -0.3 is 0 Å². The van der Waals surface area contributed by atoms with Gasteiger partial charge in [-0.2, -0.15) is 0 Å². The Labute approximate surface area is 117 Å². The Kier molecular flexibility index (Phi) is 3.74. The quantitative estimate of drug-likeness (QED) is 0.736. The molecule has 1 aliphatic heterocycles. The molecule has 0 radical (unpaired) electrons. The number of nitrogens with zero attached hydrogens (tertiary/aromatic N) is 1. The molecular formula is C18H25N. The van der Waals surface area contributed by atoms with E-state index in [-0.39, 0.29) is 0 Å². The van der Waals surface area contributed by atoms with E-state index >= 15 is 0 Å². The van der Waals surface area contributed by atoms with Gasteiger partial charge in [0.05, 0.1) is 0 Å². The van der Waals surface area contributed by atoms with E-state index in [1.165, 1.54) is 31.5 Å². The van der Waals surface area contributed by atoms with Crippen molar-refractivity contribution < 1.29 is 0 Å². The molecule has 19 heavy (non-hydrogen) atoms. The summed E-state index contributed by atoms with van der Waals surface area (Å²) in [6.07, 6.45) is 7.68. The molecule has 0 N–H and O–H groups in total. The van der Waals surface area contributed by atoms with E-state index in [1.807, 2.05) is 0 Å². The SMILES string of the molecule is CC(C)CN1CCC[C@H]2C=C[C@H](c3ccccc3)[C@H]21. The summed E-state index contributed by atoms with van der Waals surface area (Å²) in [7, 11) is 0. The second-order valence-corrected chi connectivity index (χ2v) is 6.51. The minimum atomic E-state index is 0.602. The van der Waals surface area contributed by atoms with E-state index < -0.39 is 0 Å². The first-order valence-corrected chi connectivity index (χ1v) is 7.73. The van der Waals surface area contributed by atoms with Crippen LogP contribution in [-0.4, -0.2) is 24.0 Å². The lowest BCUT2D eigenvalue weighted by Crippen LogP contribution is -2.47. The summed E-state index contributed by atoms with van der Waals surface area (Å²) < 4.78 is 0. The summed E-state index contributed by atoms with van der Waals surface area (Å²) in [5, 5.41) is 0. The molecular weight excluding hydrogens is 230 g/mol. The van der Waals surface area contributed by atoms with Gasteiger partial charge >= 0.3 is 0 Å². The number of fused-ring (bicyclic) bond motifs is 1. The lowest BCUT2D eigenvalue weighted by molar-refractivity contribution is 0.0992. The lowest BCUT2D eigenvalue weighted by atomic mass is 9.83. The van der Waals surface area contributed by atoms with Gasteiger partial charge in [0.25, 0.3) is 0 Å². The Hall–Kier alpha value is -1.08. The predicted octanol–water partition coefficient (Wildman–Crippen LogP) is 4.08.